The number of aryl methyl sites for hydroxylation is 1. The summed E-state index contributed by atoms with van der Waals surface area (Å²) in [5, 5.41) is 3.46. The van der Waals surface area contributed by atoms with Crippen LogP contribution >= 0.6 is 11.3 Å². The van der Waals surface area contributed by atoms with Gasteiger partial charge in [-0.2, -0.15) is 13.2 Å². The van der Waals surface area contributed by atoms with Crippen LogP contribution in [0, 0.1) is 6.92 Å². The third kappa shape index (κ3) is 4.24. The van der Waals surface area contributed by atoms with Crippen LogP contribution in [0.15, 0.2) is 84.3 Å². The molecule has 0 aliphatic carbocycles. The van der Waals surface area contributed by atoms with Gasteiger partial charge < -0.3 is 20.5 Å². The number of hydrogen-bond donors (Lipinski definition) is 2. The molecule has 5 rings (SSSR count). The van der Waals surface area contributed by atoms with Gasteiger partial charge in [0, 0.05) is 34.5 Å². The highest BCUT2D eigenvalue weighted by atomic mass is 32.1. The zero-order valence-electron chi connectivity index (χ0n) is 18.1. The van der Waals surface area contributed by atoms with Gasteiger partial charge in [-0.05, 0) is 37.3 Å². The van der Waals surface area contributed by atoms with Gasteiger partial charge in [0.15, 0.2) is 0 Å². The Balaban J connectivity index is 0.000000219. The summed E-state index contributed by atoms with van der Waals surface area (Å²) in [4.78, 5) is 0.164. The molecule has 0 unspecified atom stereocenters. The molecule has 0 atom stereocenters. The standard InChI is InChI=1S/C19H18N2O2.C6H5F3S/c1-22-12-6-11-17-18(20)19(23-17)13-7-2-4-9-15(13)21-16-10-5-3-8-14(16)19;1-4-2-3-5(10-4)6(7,8)9/h2-11,21H,12,20H2,1H3;2-3H,1H3/b11-6-;. The SMILES string of the molecule is COC/C=C\C1=C(N)C2(O1)c1ccccc1Nc1ccccc12.Cc1ccc(C(F)(F)F)s1. The second-order valence-corrected chi connectivity index (χ2v) is 8.83. The Labute approximate surface area is 194 Å². The highest BCUT2D eigenvalue weighted by molar-refractivity contribution is 7.12. The van der Waals surface area contributed by atoms with E-state index in [0.29, 0.717) is 17.2 Å². The molecule has 8 heteroatoms. The zero-order chi connectivity index (χ0) is 23.6. The van der Waals surface area contributed by atoms with E-state index >= 15 is 0 Å². The number of halogens is 3. The molecule has 0 amide bonds. The fourth-order valence-electron chi connectivity index (χ4n) is 3.85. The maximum atomic E-state index is 11.8. The molecule has 33 heavy (non-hydrogen) atoms. The number of alkyl halides is 3. The number of ether oxygens (including phenoxy) is 2. The molecule has 0 fully saturated rings. The van der Waals surface area contributed by atoms with Gasteiger partial charge in [-0.15, -0.1) is 11.3 Å². The normalized spacial score (nSPS) is 15.7. The number of benzene rings is 2. The van der Waals surface area contributed by atoms with Gasteiger partial charge in [-0.3, -0.25) is 0 Å². The smallest absolute Gasteiger partial charge is 0.425 e. The summed E-state index contributed by atoms with van der Waals surface area (Å²) >= 11 is 0.770. The summed E-state index contributed by atoms with van der Waals surface area (Å²) in [5.74, 6) is 0.702. The van der Waals surface area contributed by atoms with Crippen LogP contribution in [0.3, 0.4) is 0 Å². The van der Waals surface area contributed by atoms with Gasteiger partial charge in [0.05, 0.1) is 6.61 Å². The Bertz CT molecular complexity index is 1170. The summed E-state index contributed by atoms with van der Waals surface area (Å²) in [5.41, 5.74) is 10.6. The fourth-order valence-corrected chi connectivity index (χ4v) is 4.59. The van der Waals surface area contributed by atoms with Crippen LogP contribution in [0.4, 0.5) is 24.5 Å². The van der Waals surface area contributed by atoms with Gasteiger partial charge in [0.1, 0.15) is 16.3 Å². The van der Waals surface area contributed by atoms with Gasteiger partial charge in [-0.25, -0.2) is 0 Å². The lowest BCUT2D eigenvalue weighted by Gasteiger charge is -2.47. The topological polar surface area (TPSA) is 56.5 Å². The molecule has 2 aromatic carbocycles. The molecule has 0 radical (unpaired) electrons. The van der Waals surface area contributed by atoms with Crippen molar-refractivity contribution in [3.05, 3.63) is 105 Å². The summed E-state index contributed by atoms with van der Waals surface area (Å²) in [6.07, 6.45) is -0.399. The highest BCUT2D eigenvalue weighted by Crippen LogP contribution is 2.55. The van der Waals surface area contributed by atoms with Gasteiger partial charge in [-0.1, -0.05) is 42.5 Å². The Morgan fingerprint density at radius 1 is 1.03 bits per heavy atom. The fraction of sp³-hybridized carbons (Fsp3) is 0.200. The third-order valence-electron chi connectivity index (χ3n) is 5.34. The lowest BCUT2D eigenvalue weighted by molar-refractivity contribution is -0.134. The van der Waals surface area contributed by atoms with E-state index in [1.54, 1.807) is 14.0 Å². The average Bonchev–Trinajstić information content (AvgIpc) is 3.25. The minimum Gasteiger partial charge on any atom is -0.469 e. The van der Waals surface area contributed by atoms with Crippen molar-refractivity contribution in [3.63, 3.8) is 0 Å². The quantitative estimate of drug-likeness (QED) is 0.459. The largest absolute Gasteiger partial charge is 0.469 e. The predicted octanol–water partition coefficient (Wildman–Crippen LogP) is 6.47. The number of thiophene rings is 1. The second-order valence-electron chi connectivity index (χ2n) is 7.54. The Morgan fingerprint density at radius 3 is 2.09 bits per heavy atom. The second kappa shape index (κ2) is 8.96. The first-order valence-electron chi connectivity index (χ1n) is 10.2. The zero-order valence-corrected chi connectivity index (χ0v) is 18.9. The van der Waals surface area contributed by atoms with E-state index in [-0.39, 0.29) is 0 Å². The Morgan fingerprint density at radius 2 is 1.64 bits per heavy atom. The van der Waals surface area contributed by atoms with Crippen LogP contribution in [0.25, 0.3) is 0 Å². The molecule has 0 bridgehead atoms. The van der Waals surface area contributed by atoms with Crippen molar-refractivity contribution in [3.8, 4) is 0 Å². The number of para-hydroxylation sites is 2. The molecule has 1 spiro atoms. The summed E-state index contributed by atoms with van der Waals surface area (Å²) < 4.78 is 46.7. The van der Waals surface area contributed by atoms with Crippen molar-refractivity contribution in [1.29, 1.82) is 0 Å². The van der Waals surface area contributed by atoms with E-state index in [2.05, 4.69) is 17.4 Å². The summed E-state index contributed by atoms with van der Waals surface area (Å²) in [6.45, 7) is 2.18. The van der Waals surface area contributed by atoms with Crippen molar-refractivity contribution in [2.45, 2.75) is 18.7 Å². The molecule has 3 heterocycles. The molecule has 3 N–H and O–H groups in total. The third-order valence-corrected chi connectivity index (χ3v) is 6.39. The van der Waals surface area contributed by atoms with E-state index in [1.807, 2.05) is 48.6 Å². The first kappa shape index (κ1) is 22.9. The predicted molar refractivity (Wildman–Crippen MR) is 124 cm³/mol. The van der Waals surface area contributed by atoms with Crippen LogP contribution in [-0.4, -0.2) is 13.7 Å². The van der Waals surface area contributed by atoms with E-state index in [4.69, 9.17) is 15.2 Å². The van der Waals surface area contributed by atoms with E-state index in [0.717, 1.165) is 45.6 Å². The van der Waals surface area contributed by atoms with Crippen LogP contribution in [-0.2, 0) is 21.3 Å². The molecule has 0 saturated heterocycles. The Kier molecular flexibility index (Phi) is 6.23. The molecule has 172 valence electrons. The summed E-state index contributed by atoms with van der Waals surface area (Å²) in [6, 6.07) is 18.8. The minimum absolute atomic E-state index is 0.523. The molecule has 1 aromatic heterocycles. The number of allylic oxidation sites excluding steroid dienone is 1. The van der Waals surface area contributed by atoms with E-state index in [1.165, 1.54) is 6.07 Å². The van der Waals surface area contributed by atoms with Gasteiger partial charge in [0.25, 0.3) is 0 Å². The number of methoxy groups -OCH3 is 1. The first-order valence-corrected chi connectivity index (χ1v) is 11.0. The van der Waals surface area contributed by atoms with Crippen LogP contribution in [0.5, 0.6) is 0 Å². The van der Waals surface area contributed by atoms with E-state index in [9.17, 15) is 13.2 Å². The average molecular weight is 473 g/mol. The number of nitrogens with two attached hydrogens (primary N) is 1. The number of nitrogens with one attached hydrogen (secondary N) is 1. The first-order chi connectivity index (χ1) is 15.8. The molecule has 3 aromatic rings. The molecular formula is C25H23F3N2O2S. The highest BCUT2D eigenvalue weighted by Gasteiger charge is 2.53. The number of anilines is 2. The summed E-state index contributed by atoms with van der Waals surface area (Å²) in [7, 11) is 1.66. The minimum atomic E-state index is -4.17. The number of rotatable bonds is 3. The van der Waals surface area contributed by atoms with Crippen LogP contribution in [0.2, 0.25) is 0 Å². The molecule has 4 nitrogen and oxygen atoms in total. The molecule has 2 aliphatic heterocycles. The molecule has 2 aliphatic rings. The van der Waals surface area contributed by atoms with Gasteiger partial charge >= 0.3 is 6.18 Å². The maximum absolute atomic E-state index is 11.8. The van der Waals surface area contributed by atoms with Crippen LogP contribution in [0.1, 0.15) is 20.9 Å². The van der Waals surface area contributed by atoms with Crippen molar-refractivity contribution in [1.82, 2.24) is 0 Å². The molecular weight excluding hydrogens is 449 g/mol. The van der Waals surface area contributed by atoms with Crippen molar-refractivity contribution >= 4 is 22.7 Å². The van der Waals surface area contributed by atoms with Crippen molar-refractivity contribution in [2.75, 3.05) is 19.0 Å². The lowest BCUT2D eigenvalue weighted by atomic mass is 9.76. The van der Waals surface area contributed by atoms with Crippen molar-refractivity contribution in [2.24, 2.45) is 5.73 Å². The van der Waals surface area contributed by atoms with E-state index < -0.39 is 16.7 Å². The number of hydrogen-bond acceptors (Lipinski definition) is 5. The lowest BCUT2D eigenvalue weighted by Crippen LogP contribution is -2.47. The van der Waals surface area contributed by atoms with Crippen molar-refractivity contribution < 1.29 is 22.6 Å². The number of fused-ring (bicyclic) bond motifs is 4. The van der Waals surface area contributed by atoms with Gasteiger partial charge in [0.2, 0.25) is 5.60 Å². The molecule has 0 saturated carbocycles. The maximum Gasteiger partial charge on any atom is 0.425 e. The monoisotopic (exact) mass is 472 g/mol. The van der Waals surface area contributed by atoms with Crippen LogP contribution < -0.4 is 11.1 Å². The Hall–Kier alpha value is -3.23.